The number of nitrogens with zero attached hydrogens (tertiary/aromatic N) is 3. The third-order valence-electron chi connectivity index (χ3n) is 5.90. The molecule has 0 radical (unpaired) electrons. The Bertz CT molecular complexity index is 1060. The number of ether oxygens (including phenoxy) is 2. The highest BCUT2D eigenvalue weighted by molar-refractivity contribution is 8.00. The minimum absolute atomic E-state index is 0.121. The summed E-state index contributed by atoms with van der Waals surface area (Å²) in [5.74, 6) is 2.10. The molecule has 4 rings (SSSR count). The van der Waals surface area contributed by atoms with E-state index in [0.717, 1.165) is 30.2 Å². The second-order valence-electron chi connectivity index (χ2n) is 8.13. The van der Waals surface area contributed by atoms with Crippen LogP contribution in [0.1, 0.15) is 55.8 Å². The fourth-order valence-corrected chi connectivity index (χ4v) is 5.78. The third-order valence-corrected chi connectivity index (χ3v) is 7.84. The van der Waals surface area contributed by atoms with E-state index >= 15 is 0 Å². The fraction of sp³-hybridized carbons (Fsp3) is 0.458. The Kier molecular flexibility index (Phi) is 7.93. The Morgan fingerprint density at radius 1 is 1.21 bits per heavy atom. The molecule has 0 aliphatic heterocycles. The molecule has 1 fully saturated rings. The van der Waals surface area contributed by atoms with Gasteiger partial charge in [0.1, 0.15) is 17.3 Å². The van der Waals surface area contributed by atoms with Crippen LogP contribution in [-0.4, -0.2) is 40.1 Å². The number of methoxy groups -OCH3 is 2. The van der Waals surface area contributed by atoms with E-state index in [-0.39, 0.29) is 11.2 Å². The molecule has 1 unspecified atom stereocenters. The van der Waals surface area contributed by atoms with Gasteiger partial charge in [-0.3, -0.25) is 4.79 Å². The minimum Gasteiger partial charge on any atom is -0.497 e. The number of hydrogen-bond acceptors (Lipinski definition) is 7. The molecule has 1 aromatic carbocycles. The zero-order valence-electron chi connectivity index (χ0n) is 19.2. The Balaban J connectivity index is 1.53. The van der Waals surface area contributed by atoms with Crippen LogP contribution in [0, 0.1) is 0 Å². The van der Waals surface area contributed by atoms with E-state index in [9.17, 15) is 4.79 Å². The molecule has 1 aliphatic carbocycles. The lowest BCUT2D eigenvalue weighted by Crippen LogP contribution is -2.24. The summed E-state index contributed by atoms with van der Waals surface area (Å²) in [6.07, 6.45) is 6.75. The van der Waals surface area contributed by atoms with Crippen molar-refractivity contribution >= 4 is 34.7 Å². The van der Waals surface area contributed by atoms with Crippen molar-refractivity contribution < 1.29 is 14.3 Å². The number of nitrogens with one attached hydrogen (secondary N) is 1. The van der Waals surface area contributed by atoms with Crippen LogP contribution in [0.2, 0.25) is 0 Å². The van der Waals surface area contributed by atoms with Crippen LogP contribution in [0.25, 0.3) is 0 Å². The second-order valence-corrected chi connectivity index (χ2v) is 10.5. The first kappa shape index (κ1) is 23.6. The maximum absolute atomic E-state index is 13.1. The summed E-state index contributed by atoms with van der Waals surface area (Å²) in [5, 5.41) is 14.6. The molecule has 1 saturated carbocycles. The van der Waals surface area contributed by atoms with Crippen molar-refractivity contribution in [1.82, 2.24) is 14.8 Å². The van der Waals surface area contributed by atoms with Crippen LogP contribution >= 0.6 is 23.1 Å². The molecule has 1 aliphatic rings. The molecule has 0 bridgehead atoms. The third kappa shape index (κ3) is 5.70. The van der Waals surface area contributed by atoms with Crippen molar-refractivity contribution in [2.24, 2.45) is 0 Å². The first-order valence-corrected chi connectivity index (χ1v) is 13.0. The normalized spacial score (nSPS) is 15.2. The van der Waals surface area contributed by atoms with E-state index in [4.69, 9.17) is 9.47 Å². The molecule has 0 saturated heterocycles. The average molecular weight is 487 g/mol. The highest BCUT2D eigenvalue weighted by atomic mass is 32.2. The van der Waals surface area contributed by atoms with Crippen LogP contribution in [0.5, 0.6) is 11.5 Å². The SMILES string of the molecule is COc1ccc(OC)c(NC(=O)C(C)Sc2nnc(Cc3cccs3)n2C2CCCCC2)c1. The van der Waals surface area contributed by atoms with Crippen molar-refractivity contribution in [3.05, 3.63) is 46.4 Å². The molecule has 9 heteroatoms. The first-order chi connectivity index (χ1) is 16.1. The largest absolute Gasteiger partial charge is 0.497 e. The van der Waals surface area contributed by atoms with Crippen LogP contribution in [0.4, 0.5) is 5.69 Å². The zero-order valence-corrected chi connectivity index (χ0v) is 20.9. The van der Waals surface area contributed by atoms with Gasteiger partial charge in [0.15, 0.2) is 5.16 Å². The summed E-state index contributed by atoms with van der Waals surface area (Å²) >= 11 is 3.19. The monoisotopic (exact) mass is 486 g/mol. The summed E-state index contributed by atoms with van der Waals surface area (Å²) < 4.78 is 13.0. The Morgan fingerprint density at radius 3 is 2.73 bits per heavy atom. The van der Waals surface area contributed by atoms with Crippen molar-refractivity contribution in [3.8, 4) is 11.5 Å². The van der Waals surface area contributed by atoms with E-state index in [0.29, 0.717) is 23.2 Å². The molecule has 0 spiro atoms. The molecule has 1 amide bonds. The Hall–Kier alpha value is -2.52. The molecule has 2 aromatic heterocycles. The number of amides is 1. The Morgan fingerprint density at radius 2 is 2.03 bits per heavy atom. The summed E-state index contributed by atoms with van der Waals surface area (Å²) in [6.45, 7) is 1.89. The van der Waals surface area contributed by atoms with Crippen LogP contribution in [0.3, 0.4) is 0 Å². The molecule has 3 aromatic rings. The number of aromatic nitrogens is 3. The second kappa shape index (κ2) is 11.1. The molecule has 2 heterocycles. The highest BCUT2D eigenvalue weighted by Gasteiger charge is 2.26. The van der Waals surface area contributed by atoms with E-state index in [1.807, 2.05) is 6.92 Å². The number of thioether (sulfide) groups is 1. The molecular weight excluding hydrogens is 456 g/mol. The first-order valence-electron chi connectivity index (χ1n) is 11.2. The number of thiophene rings is 1. The standard InChI is InChI=1S/C24H30N4O3S2/c1-16(23(29)25-20-14-18(30-2)11-12-21(20)31-3)33-24-27-26-22(15-19-10-7-13-32-19)28(24)17-8-5-4-6-9-17/h7,10-14,16-17H,4-6,8-9,15H2,1-3H3,(H,25,29). The maximum Gasteiger partial charge on any atom is 0.237 e. The van der Waals surface area contributed by atoms with E-state index in [1.54, 1.807) is 43.8 Å². The molecule has 176 valence electrons. The van der Waals surface area contributed by atoms with Gasteiger partial charge in [0, 0.05) is 23.4 Å². The number of rotatable bonds is 9. The lowest BCUT2D eigenvalue weighted by Gasteiger charge is -2.26. The van der Waals surface area contributed by atoms with Gasteiger partial charge in [0.05, 0.1) is 25.2 Å². The van der Waals surface area contributed by atoms with E-state index in [1.165, 1.54) is 35.9 Å². The molecule has 1 N–H and O–H groups in total. The van der Waals surface area contributed by atoms with Gasteiger partial charge < -0.3 is 19.4 Å². The quantitative estimate of drug-likeness (QED) is 0.398. The summed E-state index contributed by atoms with van der Waals surface area (Å²) in [6, 6.07) is 9.93. The fourth-order valence-electron chi connectivity index (χ4n) is 4.14. The number of carbonyl (C=O) groups excluding carboxylic acids is 1. The summed E-state index contributed by atoms with van der Waals surface area (Å²) in [4.78, 5) is 14.3. The van der Waals surface area contributed by atoms with Crippen molar-refractivity contribution in [2.45, 2.75) is 61.9 Å². The topological polar surface area (TPSA) is 78.3 Å². The van der Waals surface area contributed by atoms with E-state index in [2.05, 4.69) is 37.6 Å². The zero-order chi connectivity index (χ0) is 23.2. The van der Waals surface area contributed by atoms with Crippen molar-refractivity contribution in [1.29, 1.82) is 0 Å². The average Bonchev–Trinajstić information content (AvgIpc) is 3.49. The van der Waals surface area contributed by atoms with Gasteiger partial charge in [0.2, 0.25) is 5.91 Å². The van der Waals surface area contributed by atoms with Gasteiger partial charge >= 0.3 is 0 Å². The number of benzene rings is 1. The minimum atomic E-state index is -0.359. The van der Waals surface area contributed by atoms with Gasteiger partial charge in [-0.15, -0.1) is 21.5 Å². The number of hydrogen-bond donors (Lipinski definition) is 1. The van der Waals surface area contributed by atoms with Crippen molar-refractivity contribution in [3.63, 3.8) is 0 Å². The molecule has 1 atom stereocenters. The predicted molar refractivity (Wildman–Crippen MR) is 133 cm³/mol. The maximum atomic E-state index is 13.1. The van der Waals surface area contributed by atoms with Gasteiger partial charge in [-0.25, -0.2) is 0 Å². The molecule has 33 heavy (non-hydrogen) atoms. The van der Waals surface area contributed by atoms with Gasteiger partial charge in [-0.05, 0) is 43.3 Å². The predicted octanol–water partition coefficient (Wildman–Crippen LogP) is 5.57. The van der Waals surface area contributed by atoms with Crippen molar-refractivity contribution in [2.75, 3.05) is 19.5 Å². The van der Waals surface area contributed by atoms with Gasteiger partial charge in [-0.1, -0.05) is 37.1 Å². The van der Waals surface area contributed by atoms with Gasteiger partial charge in [0.25, 0.3) is 0 Å². The smallest absolute Gasteiger partial charge is 0.237 e. The van der Waals surface area contributed by atoms with Crippen LogP contribution < -0.4 is 14.8 Å². The lowest BCUT2D eigenvalue weighted by molar-refractivity contribution is -0.115. The molecule has 7 nitrogen and oxygen atoms in total. The van der Waals surface area contributed by atoms with E-state index < -0.39 is 0 Å². The number of carbonyl (C=O) groups is 1. The van der Waals surface area contributed by atoms with Crippen LogP contribution in [-0.2, 0) is 11.2 Å². The van der Waals surface area contributed by atoms with Crippen LogP contribution in [0.15, 0.2) is 40.9 Å². The summed E-state index contributed by atoms with van der Waals surface area (Å²) in [5.41, 5.74) is 0.585. The number of anilines is 1. The highest BCUT2D eigenvalue weighted by Crippen LogP contribution is 2.35. The van der Waals surface area contributed by atoms with Gasteiger partial charge in [-0.2, -0.15) is 0 Å². The Labute approximate surface area is 202 Å². The molecular formula is C24H30N4O3S2. The summed E-state index contributed by atoms with van der Waals surface area (Å²) in [7, 11) is 3.18. The lowest BCUT2D eigenvalue weighted by atomic mass is 9.95.